The van der Waals surface area contributed by atoms with Crippen molar-refractivity contribution in [3.05, 3.63) is 51.2 Å². The van der Waals surface area contributed by atoms with E-state index in [9.17, 15) is 9.59 Å². The van der Waals surface area contributed by atoms with E-state index in [1.807, 2.05) is 6.07 Å². The third-order valence-corrected chi connectivity index (χ3v) is 2.76. The van der Waals surface area contributed by atoms with Crippen LogP contribution in [-0.2, 0) is 7.05 Å². The van der Waals surface area contributed by atoms with Gasteiger partial charge in [-0.1, -0.05) is 12.1 Å². The van der Waals surface area contributed by atoms with E-state index in [2.05, 4.69) is 9.97 Å². The first-order valence-electron chi connectivity index (χ1n) is 5.15. The molecule has 5 nitrogen and oxygen atoms in total. The van der Waals surface area contributed by atoms with Crippen LogP contribution in [0, 0.1) is 0 Å². The molecule has 0 bridgehead atoms. The Morgan fingerprint density at radius 1 is 1.18 bits per heavy atom. The van der Waals surface area contributed by atoms with Gasteiger partial charge in [0.2, 0.25) is 0 Å². The zero-order valence-electron chi connectivity index (χ0n) is 9.10. The number of benzene rings is 1. The number of fused-ring (bicyclic) bond motifs is 2. The second-order valence-electron chi connectivity index (χ2n) is 3.90. The Morgan fingerprint density at radius 2 is 1.94 bits per heavy atom. The van der Waals surface area contributed by atoms with Crippen molar-refractivity contribution < 1.29 is 0 Å². The number of para-hydroxylation sites is 1. The standard InChI is InChI=1S/C12H9N3O2/c1-15-6-8-10(16)7-4-2-3-5-9(7)13-11(8)14-12(15)17/h2-6H,1H3,(H,13,14,17). The summed E-state index contributed by atoms with van der Waals surface area (Å²) in [4.78, 5) is 30.4. The van der Waals surface area contributed by atoms with Crippen LogP contribution in [0.25, 0.3) is 21.9 Å². The fraction of sp³-hybridized carbons (Fsp3) is 0.0833. The lowest BCUT2D eigenvalue weighted by Crippen LogP contribution is -2.21. The lowest BCUT2D eigenvalue weighted by atomic mass is 10.2. The fourth-order valence-corrected chi connectivity index (χ4v) is 1.87. The molecule has 3 aromatic rings. The summed E-state index contributed by atoms with van der Waals surface area (Å²) in [6.07, 6.45) is 1.51. The van der Waals surface area contributed by atoms with Crippen molar-refractivity contribution in [2.45, 2.75) is 0 Å². The number of pyridine rings is 1. The average molecular weight is 227 g/mol. The SMILES string of the molecule is Cn1cc2c(=O)c3ccccc3[nH]c2nc1=O. The number of rotatable bonds is 0. The number of nitrogens with one attached hydrogen (secondary N) is 1. The van der Waals surface area contributed by atoms with Gasteiger partial charge in [0, 0.05) is 18.6 Å². The van der Waals surface area contributed by atoms with Crippen LogP contribution in [0.1, 0.15) is 0 Å². The quantitative estimate of drug-likeness (QED) is 0.577. The number of hydrogen-bond acceptors (Lipinski definition) is 3. The predicted octanol–water partition coefficient (Wildman–Crippen LogP) is 0.775. The molecule has 0 aliphatic heterocycles. The van der Waals surface area contributed by atoms with Crippen molar-refractivity contribution in [1.82, 2.24) is 14.5 Å². The molecule has 3 rings (SSSR count). The highest BCUT2D eigenvalue weighted by atomic mass is 16.1. The molecular weight excluding hydrogens is 218 g/mol. The molecule has 0 atom stereocenters. The number of aromatic amines is 1. The molecule has 0 saturated heterocycles. The maximum Gasteiger partial charge on any atom is 0.349 e. The Bertz CT molecular complexity index is 846. The summed E-state index contributed by atoms with van der Waals surface area (Å²) in [6.45, 7) is 0. The summed E-state index contributed by atoms with van der Waals surface area (Å²) in [6, 6.07) is 7.16. The lowest BCUT2D eigenvalue weighted by Gasteiger charge is -2.02. The summed E-state index contributed by atoms with van der Waals surface area (Å²) >= 11 is 0. The Kier molecular flexibility index (Phi) is 1.89. The second kappa shape index (κ2) is 3.28. The topological polar surface area (TPSA) is 67.8 Å². The van der Waals surface area contributed by atoms with Crippen molar-refractivity contribution in [1.29, 1.82) is 0 Å². The van der Waals surface area contributed by atoms with Gasteiger partial charge in [0.1, 0.15) is 5.65 Å². The molecule has 0 radical (unpaired) electrons. The zero-order valence-corrected chi connectivity index (χ0v) is 9.10. The highest BCUT2D eigenvalue weighted by Crippen LogP contribution is 2.10. The van der Waals surface area contributed by atoms with Gasteiger partial charge in [0.15, 0.2) is 5.43 Å². The van der Waals surface area contributed by atoms with E-state index < -0.39 is 0 Å². The molecule has 0 amide bonds. The largest absolute Gasteiger partial charge is 0.349 e. The van der Waals surface area contributed by atoms with Crippen LogP contribution >= 0.6 is 0 Å². The maximum absolute atomic E-state index is 12.2. The Balaban J connectivity index is 2.64. The lowest BCUT2D eigenvalue weighted by molar-refractivity contribution is 0.823. The van der Waals surface area contributed by atoms with E-state index in [0.717, 1.165) is 0 Å². The summed E-state index contributed by atoms with van der Waals surface area (Å²) < 4.78 is 1.30. The third-order valence-electron chi connectivity index (χ3n) is 2.76. The minimum atomic E-state index is -0.386. The number of nitrogens with zero attached hydrogens (tertiary/aromatic N) is 2. The monoisotopic (exact) mass is 227 g/mol. The molecule has 0 unspecified atom stereocenters. The molecule has 1 aromatic carbocycles. The Labute approximate surface area is 95.4 Å². The van der Waals surface area contributed by atoms with Crippen molar-refractivity contribution in [2.24, 2.45) is 7.05 Å². The van der Waals surface area contributed by atoms with Crippen LogP contribution in [-0.4, -0.2) is 14.5 Å². The number of hydrogen-bond donors (Lipinski definition) is 1. The van der Waals surface area contributed by atoms with E-state index in [4.69, 9.17) is 0 Å². The van der Waals surface area contributed by atoms with E-state index >= 15 is 0 Å². The number of aromatic nitrogens is 3. The molecule has 0 spiro atoms. The molecule has 0 fully saturated rings. The molecule has 0 aliphatic rings. The fourth-order valence-electron chi connectivity index (χ4n) is 1.87. The van der Waals surface area contributed by atoms with Gasteiger partial charge < -0.3 is 9.55 Å². The minimum Gasteiger partial charge on any atom is -0.339 e. The first-order valence-corrected chi connectivity index (χ1v) is 5.15. The minimum absolute atomic E-state index is 0.113. The van der Waals surface area contributed by atoms with Gasteiger partial charge in [0.05, 0.1) is 10.9 Å². The van der Waals surface area contributed by atoms with Gasteiger partial charge >= 0.3 is 5.69 Å². The van der Waals surface area contributed by atoms with E-state index in [1.165, 1.54) is 10.8 Å². The molecule has 5 heteroatoms. The van der Waals surface area contributed by atoms with Crippen LogP contribution in [0.3, 0.4) is 0 Å². The predicted molar refractivity (Wildman–Crippen MR) is 65.1 cm³/mol. The van der Waals surface area contributed by atoms with Crippen molar-refractivity contribution in [2.75, 3.05) is 0 Å². The van der Waals surface area contributed by atoms with Gasteiger partial charge in [-0.25, -0.2) is 4.79 Å². The Hall–Kier alpha value is -2.43. The maximum atomic E-state index is 12.2. The van der Waals surface area contributed by atoms with Crippen molar-refractivity contribution in [3.8, 4) is 0 Å². The highest BCUT2D eigenvalue weighted by Gasteiger charge is 2.07. The summed E-state index contributed by atoms with van der Waals surface area (Å²) in [5, 5.41) is 1.02. The van der Waals surface area contributed by atoms with Crippen LogP contribution in [0.4, 0.5) is 0 Å². The molecular formula is C12H9N3O2. The molecule has 0 saturated carbocycles. The molecule has 0 aliphatic carbocycles. The first-order chi connectivity index (χ1) is 8.16. The van der Waals surface area contributed by atoms with Gasteiger partial charge in [0.25, 0.3) is 0 Å². The van der Waals surface area contributed by atoms with Gasteiger partial charge in [-0.3, -0.25) is 4.79 Å². The van der Waals surface area contributed by atoms with Gasteiger partial charge in [-0.05, 0) is 12.1 Å². The Morgan fingerprint density at radius 3 is 2.76 bits per heavy atom. The number of H-pyrrole nitrogens is 1. The smallest absolute Gasteiger partial charge is 0.339 e. The second-order valence-corrected chi connectivity index (χ2v) is 3.90. The molecule has 2 aromatic heterocycles. The van der Waals surface area contributed by atoms with Gasteiger partial charge in [-0.15, -0.1) is 0 Å². The van der Waals surface area contributed by atoms with Crippen LogP contribution in [0.2, 0.25) is 0 Å². The number of aryl methyl sites for hydroxylation is 1. The normalized spacial score (nSPS) is 11.1. The van der Waals surface area contributed by atoms with Crippen LogP contribution < -0.4 is 11.1 Å². The van der Waals surface area contributed by atoms with Crippen molar-refractivity contribution in [3.63, 3.8) is 0 Å². The average Bonchev–Trinajstić information content (AvgIpc) is 2.32. The first kappa shape index (κ1) is 9.77. The van der Waals surface area contributed by atoms with E-state index in [1.54, 1.807) is 25.2 Å². The molecule has 17 heavy (non-hydrogen) atoms. The zero-order chi connectivity index (χ0) is 12.0. The molecule has 2 heterocycles. The third kappa shape index (κ3) is 1.36. The van der Waals surface area contributed by atoms with E-state index in [-0.39, 0.29) is 11.1 Å². The molecule has 84 valence electrons. The summed E-state index contributed by atoms with van der Waals surface area (Å²) in [7, 11) is 1.57. The van der Waals surface area contributed by atoms with Crippen molar-refractivity contribution >= 4 is 21.9 Å². The van der Waals surface area contributed by atoms with Gasteiger partial charge in [-0.2, -0.15) is 4.98 Å². The van der Waals surface area contributed by atoms with Crippen LogP contribution in [0.5, 0.6) is 0 Å². The van der Waals surface area contributed by atoms with E-state index in [0.29, 0.717) is 21.9 Å². The summed E-state index contributed by atoms with van der Waals surface area (Å²) in [5.41, 5.74) is 0.517. The summed E-state index contributed by atoms with van der Waals surface area (Å²) in [5.74, 6) is 0. The molecule has 1 N–H and O–H groups in total. The van der Waals surface area contributed by atoms with Crippen LogP contribution in [0.15, 0.2) is 40.1 Å². The highest BCUT2D eigenvalue weighted by molar-refractivity contribution is 5.90.